The van der Waals surface area contributed by atoms with Gasteiger partial charge in [-0.15, -0.1) is 0 Å². The van der Waals surface area contributed by atoms with Crippen LogP contribution in [0.15, 0.2) is 60.0 Å². The van der Waals surface area contributed by atoms with Crippen molar-refractivity contribution in [3.63, 3.8) is 0 Å². The molecule has 0 amide bonds. The Morgan fingerprint density at radius 2 is 1.94 bits per heavy atom. The van der Waals surface area contributed by atoms with E-state index in [1.165, 1.54) is 55.1 Å². The Morgan fingerprint density at radius 3 is 2.69 bits per heavy atom. The smallest absolute Gasteiger partial charge is 0.197 e. The highest BCUT2D eigenvalue weighted by molar-refractivity contribution is 7.91. The predicted molar refractivity (Wildman–Crippen MR) is 143 cm³/mol. The third-order valence-corrected chi connectivity index (χ3v) is 9.57. The molecule has 36 heavy (non-hydrogen) atoms. The van der Waals surface area contributed by atoms with E-state index in [-0.39, 0.29) is 10.8 Å². The van der Waals surface area contributed by atoms with Gasteiger partial charge in [-0.2, -0.15) is 0 Å². The van der Waals surface area contributed by atoms with Gasteiger partial charge in [0.2, 0.25) is 0 Å². The summed E-state index contributed by atoms with van der Waals surface area (Å²) in [6.45, 7) is 2.68. The lowest BCUT2D eigenvalue weighted by molar-refractivity contribution is 0.188. The topological polar surface area (TPSA) is 64.4 Å². The zero-order chi connectivity index (χ0) is 25.1. The minimum Gasteiger partial charge on any atom is -0.494 e. The summed E-state index contributed by atoms with van der Waals surface area (Å²) in [5, 5.41) is 0.945. The van der Waals surface area contributed by atoms with Crippen molar-refractivity contribution in [1.82, 2.24) is 14.5 Å². The molecule has 3 aromatic rings. The molecule has 1 saturated heterocycles. The van der Waals surface area contributed by atoms with Crippen molar-refractivity contribution in [2.75, 3.05) is 25.4 Å². The lowest BCUT2D eigenvalue weighted by atomic mass is 9.75. The van der Waals surface area contributed by atoms with Crippen molar-refractivity contribution < 1.29 is 13.2 Å². The number of benzene rings is 2. The van der Waals surface area contributed by atoms with Gasteiger partial charge in [-0.25, -0.2) is 13.4 Å². The monoisotopic (exact) mass is 527 g/mol. The molecule has 0 saturated carbocycles. The van der Waals surface area contributed by atoms with Gasteiger partial charge in [-0.05, 0) is 86.5 Å². The highest BCUT2D eigenvalue weighted by Gasteiger charge is 2.35. The van der Waals surface area contributed by atoms with Gasteiger partial charge in [0.1, 0.15) is 5.75 Å². The fourth-order valence-corrected chi connectivity index (χ4v) is 7.15. The standard InChI is InChI=1S/C28H34ClN3O3S/c1-31-19-28(30-20-31)36(33,34)16-6-15-35-23-11-9-21-10-12-27(32-13-4-5-14-32)25(24(21)18-23)17-22-7-2-3-8-26(22)29/h2-3,7-9,11,18-20,25,27H,4-6,10,12-17H2,1H3. The van der Waals surface area contributed by atoms with E-state index in [0.717, 1.165) is 30.0 Å². The second-order valence-corrected chi connectivity index (χ2v) is 12.5. The molecule has 1 aliphatic heterocycles. The lowest BCUT2D eigenvalue weighted by Crippen LogP contribution is -2.41. The molecule has 6 nitrogen and oxygen atoms in total. The highest BCUT2D eigenvalue weighted by Crippen LogP contribution is 2.40. The maximum Gasteiger partial charge on any atom is 0.197 e. The van der Waals surface area contributed by atoms with Crippen molar-refractivity contribution in [2.24, 2.45) is 7.05 Å². The number of aryl methyl sites for hydroxylation is 2. The summed E-state index contributed by atoms with van der Waals surface area (Å²) >= 11 is 6.58. The van der Waals surface area contributed by atoms with Crippen LogP contribution in [0.5, 0.6) is 5.75 Å². The van der Waals surface area contributed by atoms with Crippen molar-refractivity contribution in [3.05, 3.63) is 76.7 Å². The third-order valence-electron chi connectivity index (χ3n) is 7.52. The summed E-state index contributed by atoms with van der Waals surface area (Å²) in [6.07, 6.45) is 9.13. The van der Waals surface area contributed by atoms with Crippen LogP contribution >= 0.6 is 11.6 Å². The number of imidazole rings is 1. The number of sulfone groups is 1. The number of ether oxygens (including phenoxy) is 1. The summed E-state index contributed by atoms with van der Waals surface area (Å²) in [5.41, 5.74) is 3.91. The quantitative estimate of drug-likeness (QED) is 0.364. The number of nitrogens with zero attached hydrogens (tertiary/aromatic N) is 3. The van der Waals surface area contributed by atoms with Crippen LogP contribution in [-0.4, -0.2) is 54.4 Å². The molecule has 5 rings (SSSR count). The first kappa shape index (κ1) is 25.3. The largest absolute Gasteiger partial charge is 0.494 e. The van der Waals surface area contributed by atoms with Gasteiger partial charge >= 0.3 is 0 Å². The van der Waals surface area contributed by atoms with Crippen LogP contribution in [0, 0.1) is 0 Å². The van der Waals surface area contributed by atoms with Crippen molar-refractivity contribution in [3.8, 4) is 5.75 Å². The average molecular weight is 528 g/mol. The molecule has 2 atom stereocenters. The zero-order valence-corrected chi connectivity index (χ0v) is 22.3. The Hall–Kier alpha value is -2.35. The van der Waals surface area contributed by atoms with E-state index in [9.17, 15) is 8.42 Å². The van der Waals surface area contributed by atoms with Gasteiger partial charge in [0.15, 0.2) is 14.9 Å². The minimum atomic E-state index is -3.40. The van der Waals surface area contributed by atoms with Crippen LogP contribution < -0.4 is 4.74 Å². The van der Waals surface area contributed by atoms with E-state index in [1.807, 2.05) is 18.2 Å². The number of aromatic nitrogens is 2. The number of fused-ring (bicyclic) bond motifs is 1. The average Bonchev–Trinajstić information content (AvgIpc) is 3.56. The Morgan fingerprint density at radius 1 is 1.14 bits per heavy atom. The highest BCUT2D eigenvalue weighted by atomic mass is 35.5. The molecule has 2 aromatic carbocycles. The summed E-state index contributed by atoms with van der Waals surface area (Å²) in [6, 6.07) is 15.1. The molecular weight excluding hydrogens is 494 g/mol. The van der Waals surface area contributed by atoms with Gasteiger partial charge in [0, 0.05) is 30.2 Å². The van der Waals surface area contributed by atoms with E-state index >= 15 is 0 Å². The van der Waals surface area contributed by atoms with Gasteiger partial charge in [0.25, 0.3) is 0 Å². The van der Waals surface area contributed by atoms with Crippen LogP contribution in [0.4, 0.5) is 0 Å². The predicted octanol–water partition coefficient (Wildman–Crippen LogP) is 5.05. The maximum absolute atomic E-state index is 12.5. The molecule has 0 spiro atoms. The molecule has 1 aromatic heterocycles. The molecule has 2 aliphatic rings. The fourth-order valence-electron chi connectivity index (χ4n) is 5.70. The van der Waals surface area contributed by atoms with E-state index in [2.05, 4.69) is 34.1 Å². The van der Waals surface area contributed by atoms with Gasteiger partial charge < -0.3 is 9.30 Å². The molecular formula is C28H34ClN3O3S. The SMILES string of the molecule is Cn1cnc(S(=O)(=O)CCCOc2ccc3c(c2)C(Cc2ccccc2Cl)C(N2CCCC2)CC3)c1. The van der Waals surface area contributed by atoms with Crippen LogP contribution in [0.25, 0.3) is 0 Å². The molecule has 1 fully saturated rings. The lowest BCUT2D eigenvalue weighted by Gasteiger charge is -2.40. The van der Waals surface area contributed by atoms with E-state index in [0.29, 0.717) is 25.0 Å². The second kappa shape index (κ2) is 11.0. The zero-order valence-electron chi connectivity index (χ0n) is 20.8. The van der Waals surface area contributed by atoms with Crippen LogP contribution in [0.2, 0.25) is 5.02 Å². The maximum atomic E-state index is 12.5. The van der Waals surface area contributed by atoms with E-state index in [1.54, 1.807) is 11.6 Å². The number of hydrogen-bond acceptors (Lipinski definition) is 5. The summed E-state index contributed by atoms with van der Waals surface area (Å²) in [7, 11) is -1.64. The van der Waals surface area contributed by atoms with Crippen molar-refractivity contribution in [2.45, 2.75) is 55.5 Å². The molecule has 192 valence electrons. The van der Waals surface area contributed by atoms with Crippen LogP contribution in [0.3, 0.4) is 0 Å². The molecule has 0 N–H and O–H groups in total. The van der Waals surface area contributed by atoms with E-state index in [4.69, 9.17) is 16.3 Å². The number of likely N-dealkylation sites (tertiary alicyclic amines) is 1. The second-order valence-electron chi connectivity index (χ2n) is 10.0. The van der Waals surface area contributed by atoms with Gasteiger partial charge in [0.05, 0.1) is 18.7 Å². The molecule has 1 aliphatic carbocycles. The summed E-state index contributed by atoms with van der Waals surface area (Å²) < 4.78 is 32.7. The molecule has 0 bridgehead atoms. The Labute approximate surface area is 219 Å². The minimum absolute atomic E-state index is 0.0150. The Kier molecular flexibility index (Phi) is 7.70. The van der Waals surface area contributed by atoms with Crippen LogP contribution in [-0.2, 0) is 29.7 Å². The molecule has 8 heteroatoms. The van der Waals surface area contributed by atoms with Crippen LogP contribution in [0.1, 0.15) is 48.3 Å². The van der Waals surface area contributed by atoms with Crippen molar-refractivity contribution >= 4 is 21.4 Å². The molecule has 2 heterocycles. The first-order valence-corrected chi connectivity index (χ1v) is 14.9. The Bertz CT molecular complexity index is 1300. The number of rotatable bonds is 9. The first-order valence-electron chi connectivity index (χ1n) is 12.8. The third kappa shape index (κ3) is 5.63. The fraction of sp³-hybridized carbons (Fsp3) is 0.464. The normalized spacial score (nSPS) is 20.4. The number of hydrogen-bond donors (Lipinski definition) is 0. The van der Waals surface area contributed by atoms with E-state index < -0.39 is 9.84 Å². The Balaban J connectivity index is 1.31. The summed E-state index contributed by atoms with van der Waals surface area (Å²) in [5.74, 6) is 1.16. The van der Waals surface area contributed by atoms with Gasteiger partial charge in [-0.1, -0.05) is 35.9 Å². The molecule has 0 radical (unpaired) electrons. The van der Waals surface area contributed by atoms with Gasteiger partial charge in [-0.3, -0.25) is 4.90 Å². The molecule has 2 unspecified atom stereocenters. The summed E-state index contributed by atoms with van der Waals surface area (Å²) in [4.78, 5) is 6.65. The number of halogens is 1. The first-order chi connectivity index (χ1) is 17.4. The van der Waals surface area contributed by atoms with Crippen molar-refractivity contribution in [1.29, 1.82) is 0 Å².